The fourth-order valence-corrected chi connectivity index (χ4v) is 3.95. The number of hydrogen-bond donors (Lipinski definition) is 0. The van der Waals surface area contributed by atoms with Crippen LogP contribution in [0.2, 0.25) is 0 Å². The summed E-state index contributed by atoms with van der Waals surface area (Å²) in [6.45, 7) is 3.94. The van der Waals surface area contributed by atoms with Crippen molar-refractivity contribution in [1.29, 1.82) is 0 Å². The van der Waals surface area contributed by atoms with Crippen molar-refractivity contribution >= 4 is 23.6 Å². The average molecular weight is 393 g/mol. The Morgan fingerprint density at radius 2 is 1.62 bits per heavy atom. The van der Waals surface area contributed by atoms with Crippen LogP contribution < -0.4 is 4.90 Å². The number of imide groups is 1. The van der Waals surface area contributed by atoms with Crippen molar-refractivity contribution in [2.24, 2.45) is 0 Å². The monoisotopic (exact) mass is 393 g/mol. The number of benzene rings is 2. The number of carbonyl (C=O) groups excluding carboxylic acids is 2. The van der Waals surface area contributed by atoms with Crippen molar-refractivity contribution in [3.63, 3.8) is 0 Å². The molecule has 2 aliphatic heterocycles. The smallest absolute Gasteiger partial charge is 0.251 e. The number of hydrogen-bond acceptors (Lipinski definition) is 4. The number of anilines is 1. The van der Waals surface area contributed by atoms with E-state index in [4.69, 9.17) is 0 Å². The maximum Gasteiger partial charge on any atom is 0.251 e. The van der Waals surface area contributed by atoms with Crippen molar-refractivity contribution in [2.45, 2.75) is 12.5 Å². The van der Waals surface area contributed by atoms with Crippen LogP contribution in [0, 0.1) is 5.82 Å². The van der Waals surface area contributed by atoms with Gasteiger partial charge in [-0.1, -0.05) is 54.6 Å². The van der Waals surface area contributed by atoms with Gasteiger partial charge in [0.2, 0.25) is 5.91 Å². The summed E-state index contributed by atoms with van der Waals surface area (Å²) in [7, 11) is 0. The van der Waals surface area contributed by atoms with Crippen LogP contribution in [0.5, 0.6) is 0 Å². The fourth-order valence-electron chi connectivity index (χ4n) is 3.95. The minimum Gasteiger partial charge on any atom is -0.297 e. The Labute approximate surface area is 170 Å². The quantitative estimate of drug-likeness (QED) is 0.733. The van der Waals surface area contributed by atoms with Gasteiger partial charge in [-0.05, 0) is 17.7 Å². The number of carbonyl (C=O) groups is 2. The summed E-state index contributed by atoms with van der Waals surface area (Å²) in [6, 6.07) is 15.6. The SMILES string of the molecule is O=C1C[C@H](N2CCN(C/C=C/c3ccccc3)CC2)C(=O)N1c1ccccc1F. The van der Waals surface area contributed by atoms with Crippen LogP contribution in [0.15, 0.2) is 60.7 Å². The third-order valence-electron chi connectivity index (χ3n) is 5.54. The van der Waals surface area contributed by atoms with E-state index < -0.39 is 11.9 Å². The highest BCUT2D eigenvalue weighted by Crippen LogP contribution is 2.28. The van der Waals surface area contributed by atoms with Crippen molar-refractivity contribution in [2.75, 3.05) is 37.6 Å². The molecule has 1 atom stereocenters. The highest BCUT2D eigenvalue weighted by atomic mass is 19.1. The van der Waals surface area contributed by atoms with E-state index in [9.17, 15) is 14.0 Å². The standard InChI is InChI=1S/C23H24FN3O2/c24-19-10-4-5-11-20(19)27-22(28)17-21(23(27)29)26-15-13-25(14-16-26)12-6-9-18-7-2-1-3-8-18/h1-11,21H,12-17H2/b9-6+/t21-/m0/s1. The first-order chi connectivity index (χ1) is 14.1. The van der Waals surface area contributed by atoms with Gasteiger partial charge in [-0.2, -0.15) is 0 Å². The average Bonchev–Trinajstić information content (AvgIpc) is 3.04. The normalized spacial score (nSPS) is 21.4. The lowest BCUT2D eigenvalue weighted by Crippen LogP contribution is -2.52. The summed E-state index contributed by atoms with van der Waals surface area (Å²) in [6.07, 6.45) is 4.37. The lowest BCUT2D eigenvalue weighted by Gasteiger charge is -2.36. The first-order valence-electron chi connectivity index (χ1n) is 9.93. The Hall–Kier alpha value is -2.83. The van der Waals surface area contributed by atoms with E-state index in [2.05, 4.69) is 34.1 Å². The van der Waals surface area contributed by atoms with E-state index in [0.29, 0.717) is 13.1 Å². The summed E-state index contributed by atoms with van der Waals surface area (Å²) in [5, 5.41) is 0. The first kappa shape index (κ1) is 19.5. The number of halogens is 1. The van der Waals surface area contributed by atoms with E-state index in [1.54, 1.807) is 12.1 Å². The molecular weight excluding hydrogens is 369 g/mol. The van der Waals surface area contributed by atoms with Crippen LogP contribution in [0.4, 0.5) is 10.1 Å². The second kappa shape index (κ2) is 8.68. The molecule has 2 heterocycles. The molecule has 0 aliphatic carbocycles. The molecule has 0 unspecified atom stereocenters. The zero-order chi connectivity index (χ0) is 20.2. The Morgan fingerprint density at radius 1 is 0.931 bits per heavy atom. The van der Waals surface area contributed by atoms with E-state index >= 15 is 0 Å². The molecule has 0 N–H and O–H groups in total. The van der Waals surface area contributed by atoms with Crippen molar-refractivity contribution in [3.05, 3.63) is 72.1 Å². The third-order valence-corrected chi connectivity index (χ3v) is 5.54. The van der Waals surface area contributed by atoms with Gasteiger partial charge in [-0.15, -0.1) is 0 Å². The molecule has 29 heavy (non-hydrogen) atoms. The van der Waals surface area contributed by atoms with Gasteiger partial charge >= 0.3 is 0 Å². The number of piperazine rings is 1. The molecule has 2 fully saturated rings. The second-order valence-electron chi connectivity index (χ2n) is 7.39. The number of para-hydroxylation sites is 1. The number of nitrogens with zero attached hydrogens (tertiary/aromatic N) is 3. The molecule has 0 aromatic heterocycles. The van der Waals surface area contributed by atoms with E-state index in [1.807, 2.05) is 18.2 Å². The molecule has 2 aromatic carbocycles. The zero-order valence-electron chi connectivity index (χ0n) is 16.2. The lowest BCUT2D eigenvalue weighted by atomic mass is 10.1. The highest BCUT2D eigenvalue weighted by molar-refractivity contribution is 6.22. The van der Waals surface area contributed by atoms with Crippen molar-refractivity contribution in [3.8, 4) is 0 Å². The van der Waals surface area contributed by atoms with Gasteiger partial charge in [-0.3, -0.25) is 19.4 Å². The molecule has 0 radical (unpaired) electrons. The molecule has 150 valence electrons. The van der Waals surface area contributed by atoms with Gasteiger partial charge in [0.25, 0.3) is 5.91 Å². The molecule has 0 bridgehead atoms. The lowest BCUT2D eigenvalue weighted by molar-refractivity contribution is -0.123. The predicted octanol–water partition coefficient (Wildman–Crippen LogP) is 2.79. The van der Waals surface area contributed by atoms with E-state index in [0.717, 1.165) is 24.5 Å². The number of amides is 2. The van der Waals surface area contributed by atoms with Crippen LogP contribution in [0.1, 0.15) is 12.0 Å². The van der Waals surface area contributed by atoms with E-state index in [1.165, 1.54) is 17.7 Å². The molecule has 2 aromatic rings. The van der Waals surface area contributed by atoms with Crippen molar-refractivity contribution in [1.82, 2.24) is 9.80 Å². The van der Waals surface area contributed by atoms with Gasteiger partial charge in [0.1, 0.15) is 5.82 Å². The summed E-state index contributed by atoms with van der Waals surface area (Å²) in [4.78, 5) is 30.7. The molecule has 2 aliphatic rings. The molecule has 4 rings (SSSR count). The first-order valence-corrected chi connectivity index (χ1v) is 9.93. The molecule has 0 saturated carbocycles. The van der Waals surface area contributed by atoms with Crippen LogP contribution in [-0.2, 0) is 9.59 Å². The van der Waals surface area contributed by atoms with Crippen LogP contribution in [-0.4, -0.2) is 60.4 Å². The molecule has 6 heteroatoms. The molecule has 2 amide bonds. The minimum absolute atomic E-state index is 0.0506. The Kier molecular flexibility index (Phi) is 5.83. The Bertz CT molecular complexity index is 907. The highest BCUT2D eigenvalue weighted by Gasteiger charge is 2.44. The van der Waals surface area contributed by atoms with Gasteiger partial charge in [0, 0.05) is 32.7 Å². The van der Waals surface area contributed by atoms with Crippen LogP contribution in [0.3, 0.4) is 0 Å². The number of rotatable bonds is 5. The largest absolute Gasteiger partial charge is 0.297 e. The molecule has 0 spiro atoms. The Balaban J connectivity index is 1.33. The van der Waals surface area contributed by atoms with Crippen LogP contribution >= 0.6 is 0 Å². The predicted molar refractivity (Wildman–Crippen MR) is 111 cm³/mol. The summed E-state index contributed by atoms with van der Waals surface area (Å²) in [5.41, 5.74) is 1.23. The minimum atomic E-state index is -0.551. The Morgan fingerprint density at radius 3 is 2.34 bits per heavy atom. The summed E-state index contributed by atoms with van der Waals surface area (Å²) in [5.74, 6) is -1.21. The van der Waals surface area contributed by atoms with Gasteiger partial charge < -0.3 is 0 Å². The third kappa shape index (κ3) is 4.28. The molecule has 5 nitrogen and oxygen atoms in total. The summed E-state index contributed by atoms with van der Waals surface area (Å²) >= 11 is 0. The zero-order valence-corrected chi connectivity index (χ0v) is 16.2. The maximum atomic E-state index is 14.1. The second-order valence-corrected chi connectivity index (χ2v) is 7.39. The van der Waals surface area contributed by atoms with Gasteiger partial charge in [0.15, 0.2) is 0 Å². The van der Waals surface area contributed by atoms with E-state index in [-0.39, 0.29) is 23.9 Å². The van der Waals surface area contributed by atoms with Crippen molar-refractivity contribution < 1.29 is 14.0 Å². The molecule has 2 saturated heterocycles. The van der Waals surface area contributed by atoms with Gasteiger partial charge in [0.05, 0.1) is 18.2 Å². The molecular formula is C23H24FN3O2. The summed E-state index contributed by atoms with van der Waals surface area (Å²) < 4.78 is 14.1. The van der Waals surface area contributed by atoms with Gasteiger partial charge in [-0.25, -0.2) is 9.29 Å². The fraction of sp³-hybridized carbons (Fsp3) is 0.304. The van der Waals surface area contributed by atoms with Crippen LogP contribution in [0.25, 0.3) is 6.08 Å². The maximum absolute atomic E-state index is 14.1. The topological polar surface area (TPSA) is 43.9 Å².